The van der Waals surface area contributed by atoms with Gasteiger partial charge >= 0.3 is 0 Å². The molecular weight excluding hydrogens is 334 g/mol. The van der Waals surface area contributed by atoms with Crippen LogP contribution in [0.15, 0.2) is 42.5 Å². The van der Waals surface area contributed by atoms with E-state index in [1.807, 2.05) is 0 Å². The second kappa shape index (κ2) is 5.69. The minimum absolute atomic E-state index is 0.197. The van der Waals surface area contributed by atoms with Crippen LogP contribution < -0.4 is 19.4 Å². The van der Waals surface area contributed by atoms with E-state index in [1.165, 1.54) is 22.6 Å². The van der Waals surface area contributed by atoms with Crippen LogP contribution in [0.2, 0.25) is 0 Å². The molecule has 4 rings (SSSR count). The average Bonchev–Trinajstić information content (AvgIpc) is 2.79. The lowest BCUT2D eigenvalue weighted by Gasteiger charge is -2.45. The van der Waals surface area contributed by atoms with Crippen molar-refractivity contribution in [1.82, 2.24) is 0 Å². The van der Waals surface area contributed by atoms with E-state index in [0.717, 1.165) is 11.3 Å². The van der Waals surface area contributed by atoms with Crippen molar-refractivity contribution in [2.75, 3.05) is 49.9 Å². The first-order valence-electron chi connectivity index (χ1n) is 9.43. The van der Waals surface area contributed by atoms with E-state index >= 15 is 0 Å². The van der Waals surface area contributed by atoms with Crippen LogP contribution in [-0.4, -0.2) is 41.0 Å². The number of ether oxygens (including phenoxy) is 1. The van der Waals surface area contributed by atoms with Gasteiger partial charge < -0.3 is 19.4 Å². The molecule has 0 aromatic heterocycles. The Morgan fingerprint density at radius 2 is 1.52 bits per heavy atom. The second-order valence-electron chi connectivity index (χ2n) is 8.53. The Morgan fingerprint density at radius 1 is 0.889 bits per heavy atom. The molecule has 0 aliphatic carbocycles. The predicted octanol–water partition coefficient (Wildman–Crippen LogP) is 4.35. The van der Waals surface area contributed by atoms with Crippen molar-refractivity contribution in [1.29, 1.82) is 0 Å². The molecule has 27 heavy (non-hydrogen) atoms. The summed E-state index contributed by atoms with van der Waals surface area (Å²) in [6.07, 6.45) is 4.44. The normalized spacial score (nSPS) is 21.7. The molecular formula is C23H29N3O. The number of hydrogen-bond donors (Lipinski definition) is 0. The van der Waals surface area contributed by atoms with Gasteiger partial charge in [-0.15, -0.1) is 0 Å². The van der Waals surface area contributed by atoms with Crippen LogP contribution in [0.1, 0.15) is 25.0 Å². The highest BCUT2D eigenvalue weighted by molar-refractivity contribution is 5.75. The zero-order chi connectivity index (χ0) is 19.6. The van der Waals surface area contributed by atoms with Crippen LogP contribution in [-0.2, 0) is 5.41 Å². The third kappa shape index (κ3) is 2.35. The van der Waals surface area contributed by atoms with Crippen LogP contribution in [0, 0.1) is 0 Å². The van der Waals surface area contributed by atoms with Crippen LogP contribution in [0.3, 0.4) is 0 Å². The molecule has 4 nitrogen and oxygen atoms in total. The fraction of sp³-hybridized carbons (Fsp3) is 0.391. The van der Waals surface area contributed by atoms with Gasteiger partial charge in [-0.1, -0.05) is 0 Å². The third-order valence-electron chi connectivity index (χ3n) is 6.19. The zero-order valence-corrected chi connectivity index (χ0v) is 17.4. The summed E-state index contributed by atoms with van der Waals surface area (Å²) in [5, 5.41) is 0. The van der Waals surface area contributed by atoms with Crippen molar-refractivity contribution >= 4 is 23.1 Å². The van der Waals surface area contributed by atoms with E-state index in [0.29, 0.717) is 0 Å². The molecule has 2 aliphatic heterocycles. The van der Waals surface area contributed by atoms with Gasteiger partial charge in [0.15, 0.2) is 0 Å². The Balaban J connectivity index is 1.81. The molecule has 2 aliphatic rings. The van der Waals surface area contributed by atoms with Gasteiger partial charge in [0, 0.05) is 57.9 Å². The fourth-order valence-corrected chi connectivity index (χ4v) is 4.34. The second-order valence-corrected chi connectivity index (χ2v) is 8.53. The van der Waals surface area contributed by atoms with E-state index in [2.05, 4.69) is 112 Å². The van der Waals surface area contributed by atoms with E-state index in [-0.39, 0.29) is 5.41 Å². The molecule has 0 fully saturated rings. The summed E-state index contributed by atoms with van der Waals surface area (Å²) in [6.45, 7) is 4.55. The summed E-state index contributed by atoms with van der Waals surface area (Å²) in [4.78, 5) is 6.54. The van der Waals surface area contributed by atoms with Crippen molar-refractivity contribution in [3.8, 4) is 5.75 Å². The number of rotatable bonds is 2. The largest absolute Gasteiger partial charge is 0.463 e. The van der Waals surface area contributed by atoms with Gasteiger partial charge in [-0.05, 0) is 68.0 Å². The standard InChI is InChI=1S/C23H29N3O/c1-22(2)19-15-18(25(5)6)8-10-20(19)26(7)23(22)13-12-16-14-17(24(3)4)9-11-21(16)27-23/h8-15H,1-7H3. The smallest absolute Gasteiger partial charge is 0.211 e. The lowest BCUT2D eigenvalue weighted by atomic mass is 9.76. The van der Waals surface area contributed by atoms with Gasteiger partial charge in [-0.2, -0.15) is 0 Å². The van der Waals surface area contributed by atoms with Crippen molar-refractivity contribution in [2.24, 2.45) is 0 Å². The lowest BCUT2D eigenvalue weighted by Crippen LogP contribution is -2.58. The van der Waals surface area contributed by atoms with Crippen LogP contribution >= 0.6 is 0 Å². The third-order valence-corrected chi connectivity index (χ3v) is 6.19. The number of anilines is 3. The van der Waals surface area contributed by atoms with Crippen molar-refractivity contribution in [2.45, 2.75) is 25.0 Å². The first kappa shape index (κ1) is 17.8. The summed E-state index contributed by atoms with van der Waals surface area (Å²) in [7, 11) is 10.4. The van der Waals surface area contributed by atoms with Crippen molar-refractivity contribution in [3.05, 3.63) is 53.6 Å². The molecule has 1 atom stereocenters. The molecule has 0 saturated heterocycles. The Hall–Kier alpha value is -2.62. The minimum Gasteiger partial charge on any atom is -0.463 e. The summed E-state index contributed by atoms with van der Waals surface area (Å²) in [5.41, 5.74) is 5.32. The summed E-state index contributed by atoms with van der Waals surface area (Å²) in [6, 6.07) is 13.1. The molecule has 142 valence electrons. The molecule has 1 unspecified atom stereocenters. The SMILES string of the molecule is CN(C)c1ccc2c(c1)C=CC1(O2)N(C)c2ccc(N(C)C)cc2C1(C)C. The highest BCUT2D eigenvalue weighted by Gasteiger charge is 2.57. The monoisotopic (exact) mass is 363 g/mol. The molecule has 0 N–H and O–H groups in total. The molecule has 0 saturated carbocycles. The number of fused-ring (bicyclic) bond motifs is 2. The van der Waals surface area contributed by atoms with E-state index in [4.69, 9.17) is 4.74 Å². The van der Waals surface area contributed by atoms with Crippen LogP contribution in [0.4, 0.5) is 17.1 Å². The maximum absolute atomic E-state index is 6.73. The van der Waals surface area contributed by atoms with Gasteiger partial charge in [-0.25, -0.2) is 0 Å². The summed E-state index contributed by atoms with van der Waals surface area (Å²) >= 11 is 0. The molecule has 0 bridgehead atoms. The molecule has 4 heteroatoms. The molecule has 2 aromatic rings. The van der Waals surface area contributed by atoms with Crippen molar-refractivity contribution in [3.63, 3.8) is 0 Å². The Bertz CT molecular complexity index is 929. The number of hydrogen-bond acceptors (Lipinski definition) is 4. The molecule has 2 heterocycles. The molecule has 0 radical (unpaired) electrons. The quantitative estimate of drug-likeness (QED) is 0.790. The van der Waals surface area contributed by atoms with E-state index in [9.17, 15) is 0 Å². The first-order chi connectivity index (χ1) is 12.7. The zero-order valence-electron chi connectivity index (χ0n) is 17.4. The highest BCUT2D eigenvalue weighted by atomic mass is 16.5. The van der Waals surface area contributed by atoms with Crippen LogP contribution in [0.5, 0.6) is 5.75 Å². The fourth-order valence-electron chi connectivity index (χ4n) is 4.34. The number of benzene rings is 2. The van der Waals surface area contributed by atoms with Gasteiger partial charge in [0.05, 0.1) is 5.41 Å². The molecule has 1 spiro atoms. The topological polar surface area (TPSA) is 19.0 Å². The minimum atomic E-state index is -0.535. The average molecular weight is 364 g/mol. The Labute approximate surface area is 162 Å². The van der Waals surface area contributed by atoms with E-state index < -0.39 is 5.72 Å². The van der Waals surface area contributed by atoms with Crippen LogP contribution in [0.25, 0.3) is 6.08 Å². The van der Waals surface area contributed by atoms with Gasteiger partial charge in [0.1, 0.15) is 5.75 Å². The van der Waals surface area contributed by atoms with Crippen molar-refractivity contribution < 1.29 is 4.74 Å². The van der Waals surface area contributed by atoms with Gasteiger partial charge in [-0.3, -0.25) is 0 Å². The van der Waals surface area contributed by atoms with Gasteiger partial charge in [0.2, 0.25) is 5.72 Å². The predicted molar refractivity (Wildman–Crippen MR) is 115 cm³/mol. The number of likely N-dealkylation sites (N-methyl/N-ethyl adjacent to an activating group) is 1. The highest BCUT2D eigenvalue weighted by Crippen LogP contribution is 2.55. The Kier molecular flexibility index (Phi) is 3.74. The molecule has 0 amide bonds. The van der Waals surface area contributed by atoms with Gasteiger partial charge in [0.25, 0.3) is 0 Å². The molecule has 2 aromatic carbocycles. The lowest BCUT2D eigenvalue weighted by molar-refractivity contribution is 0.0582. The first-order valence-corrected chi connectivity index (χ1v) is 9.43. The summed E-state index contributed by atoms with van der Waals surface area (Å²) in [5.74, 6) is 0.934. The van der Waals surface area contributed by atoms with E-state index in [1.54, 1.807) is 0 Å². The maximum atomic E-state index is 6.73. The summed E-state index contributed by atoms with van der Waals surface area (Å²) < 4.78 is 6.73. The number of nitrogens with zero attached hydrogens (tertiary/aromatic N) is 3. The maximum Gasteiger partial charge on any atom is 0.211 e. The Morgan fingerprint density at radius 3 is 2.19 bits per heavy atom.